The highest BCUT2D eigenvalue weighted by atomic mass is 16.6. The summed E-state index contributed by atoms with van der Waals surface area (Å²) in [5.41, 5.74) is 5.81. The van der Waals surface area contributed by atoms with E-state index in [1.165, 1.54) is 0 Å². The molecule has 1 unspecified atom stereocenters. The normalized spacial score (nSPS) is 14.5. The van der Waals surface area contributed by atoms with Gasteiger partial charge in [-0.25, -0.2) is 4.79 Å². The lowest BCUT2D eigenvalue weighted by molar-refractivity contribution is -0.160. The molecule has 1 saturated heterocycles. The number of amidine groups is 1. The molecule has 0 radical (unpaired) electrons. The van der Waals surface area contributed by atoms with Crippen molar-refractivity contribution in [2.24, 2.45) is 5.73 Å². The van der Waals surface area contributed by atoms with Crippen LogP contribution in [0.3, 0.4) is 0 Å². The summed E-state index contributed by atoms with van der Waals surface area (Å²) in [5, 5.41) is 15.0. The number of hydrogen-bond acceptors (Lipinski definition) is 12. The maximum absolute atomic E-state index is 12.6. The number of carbonyl (C=O) groups excluding carboxylic acids is 6. The molecule has 0 aromatic heterocycles. The van der Waals surface area contributed by atoms with Crippen molar-refractivity contribution in [3.63, 3.8) is 0 Å². The third kappa shape index (κ3) is 16.4. The van der Waals surface area contributed by atoms with Crippen LogP contribution in [-0.2, 0) is 52.5 Å². The van der Waals surface area contributed by atoms with Gasteiger partial charge in [0.05, 0.1) is 52.7 Å². The number of imide groups is 1. The molecule has 1 aliphatic heterocycles. The molecule has 266 valence electrons. The molecule has 5 amide bonds. The van der Waals surface area contributed by atoms with Crippen LogP contribution in [0.15, 0.2) is 24.3 Å². The number of anilines is 1. The third-order valence-corrected chi connectivity index (χ3v) is 6.26. The van der Waals surface area contributed by atoms with E-state index < -0.39 is 53.7 Å². The van der Waals surface area contributed by atoms with Gasteiger partial charge in [-0.3, -0.25) is 34.3 Å². The van der Waals surface area contributed by atoms with Gasteiger partial charge in [0, 0.05) is 30.6 Å². The van der Waals surface area contributed by atoms with Gasteiger partial charge in [0.15, 0.2) is 0 Å². The maximum atomic E-state index is 12.6. The number of nitrogen functional groups attached to an aromatic ring is 1. The minimum atomic E-state index is -1.12. The van der Waals surface area contributed by atoms with Crippen LogP contribution in [0.4, 0.5) is 5.69 Å². The highest BCUT2D eigenvalue weighted by molar-refractivity contribution is 6.09. The van der Waals surface area contributed by atoms with E-state index in [1.54, 1.807) is 45.0 Å². The molecule has 1 atom stereocenters. The fourth-order valence-corrected chi connectivity index (χ4v) is 4.06. The van der Waals surface area contributed by atoms with Gasteiger partial charge in [0.2, 0.25) is 23.6 Å². The van der Waals surface area contributed by atoms with Crippen molar-refractivity contribution in [1.82, 2.24) is 15.5 Å². The number of carbonyl (C=O) groups is 6. The van der Waals surface area contributed by atoms with Crippen LogP contribution in [0, 0.1) is 5.41 Å². The maximum Gasteiger partial charge on any atom is 0.332 e. The zero-order valence-corrected chi connectivity index (χ0v) is 27.6. The quantitative estimate of drug-likeness (QED) is 0.0342. The minimum absolute atomic E-state index is 0.106. The van der Waals surface area contributed by atoms with Crippen molar-refractivity contribution in [2.75, 3.05) is 71.3 Å². The van der Waals surface area contributed by atoms with Crippen molar-refractivity contribution in [2.45, 2.75) is 51.7 Å². The van der Waals surface area contributed by atoms with Crippen LogP contribution in [0.2, 0.25) is 0 Å². The molecule has 1 heterocycles. The monoisotopic (exact) mass is 678 g/mol. The average molecular weight is 679 g/mol. The molecule has 1 aromatic carbocycles. The third-order valence-electron chi connectivity index (χ3n) is 6.26. The molecular weight excluding hydrogens is 632 g/mol. The zero-order chi connectivity index (χ0) is 35.5. The zero-order valence-electron chi connectivity index (χ0n) is 27.6. The van der Waals surface area contributed by atoms with E-state index >= 15 is 0 Å². The first-order valence-electron chi connectivity index (χ1n) is 15.4. The SMILES string of the molecule is CC(C)(C)OC(=O)COCCOCCOCCOCCNC(=O)CN1C(=O)CC(NC(=O)CCC(=O)Nc2ccc(C(=N)N)cc2)C1=O. The number of benzene rings is 1. The standard InChI is InChI=1S/C31H46N6O11/c1-31(2,3)48-28(42)20-47-17-16-46-15-14-45-13-12-44-11-10-34-26(40)19-37-27(41)18-23(30(37)43)36-25(39)9-8-24(38)35-22-6-4-21(5-7-22)29(32)33/h4-7,23H,8-20H2,1-3H3,(H3,32,33)(H,34,40)(H,35,38)(H,36,39). The van der Waals surface area contributed by atoms with Crippen molar-refractivity contribution >= 4 is 47.0 Å². The second kappa shape index (κ2) is 20.7. The number of nitrogens with one attached hydrogen (secondary N) is 4. The number of amides is 5. The Labute approximate surface area is 279 Å². The minimum Gasteiger partial charge on any atom is -0.458 e. The van der Waals surface area contributed by atoms with E-state index in [9.17, 15) is 28.8 Å². The predicted molar refractivity (Wildman–Crippen MR) is 171 cm³/mol. The van der Waals surface area contributed by atoms with Crippen molar-refractivity contribution in [3.8, 4) is 0 Å². The topological polar surface area (TPSA) is 238 Å². The summed E-state index contributed by atoms with van der Waals surface area (Å²) in [4.78, 5) is 74.0. The average Bonchev–Trinajstić information content (AvgIpc) is 3.26. The van der Waals surface area contributed by atoms with Gasteiger partial charge in [0.25, 0.3) is 5.91 Å². The number of rotatable bonds is 22. The molecule has 0 spiro atoms. The Morgan fingerprint density at radius 1 is 0.854 bits per heavy atom. The summed E-state index contributed by atoms with van der Waals surface area (Å²) >= 11 is 0. The molecule has 0 saturated carbocycles. The summed E-state index contributed by atoms with van der Waals surface area (Å²) in [6.45, 7) is 6.81. The van der Waals surface area contributed by atoms with Crippen molar-refractivity contribution < 1.29 is 52.5 Å². The number of nitrogens with zero attached hydrogens (tertiary/aromatic N) is 1. The van der Waals surface area contributed by atoms with Crippen LogP contribution in [0.25, 0.3) is 0 Å². The number of nitrogens with two attached hydrogens (primary N) is 1. The van der Waals surface area contributed by atoms with Crippen LogP contribution in [0.5, 0.6) is 0 Å². The Bertz CT molecular complexity index is 1270. The highest BCUT2D eigenvalue weighted by Gasteiger charge is 2.40. The molecule has 1 fully saturated rings. The summed E-state index contributed by atoms with van der Waals surface area (Å²) in [5.74, 6) is -3.44. The van der Waals surface area contributed by atoms with E-state index in [0.29, 0.717) is 37.7 Å². The van der Waals surface area contributed by atoms with Gasteiger partial charge in [0.1, 0.15) is 30.6 Å². The summed E-state index contributed by atoms with van der Waals surface area (Å²) in [6.07, 6.45) is -0.676. The second-order valence-corrected chi connectivity index (χ2v) is 11.5. The summed E-state index contributed by atoms with van der Waals surface area (Å²) < 4.78 is 26.4. The van der Waals surface area contributed by atoms with Crippen LogP contribution < -0.4 is 21.7 Å². The molecule has 17 nitrogen and oxygen atoms in total. The fourth-order valence-electron chi connectivity index (χ4n) is 4.06. The highest BCUT2D eigenvalue weighted by Crippen LogP contribution is 2.14. The number of hydrogen-bond donors (Lipinski definition) is 5. The Hall–Kier alpha value is -4.45. The van der Waals surface area contributed by atoms with Gasteiger partial charge in [-0.15, -0.1) is 0 Å². The molecule has 0 bridgehead atoms. The molecular formula is C31H46N6O11. The van der Waals surface area contributed by atoms with Gasteiger partial charge >= 0.3 is 5.97 Å². The molecule has 17 heteroatoms. The van der Waals surface area contributed by atoms with E-state index in [0.717, 1.165) is 4.90 Å². The Balaban J connectivity index is 1.49. The molecule has 0 aliphatic carbocycles. The van der Waals surface area contributed by atoms with Crippen LogP contribution >= 0.6 is 0 Å². The van der Waals surface area contributed by atoms with Crippen molar-refractivity contribution in [3.05, 3.63) is 29.8 Å². The fraction of sp³-hybridized carbons (Fsp3) is 0.581. The lowest BCUT2D eigenvalue weighted by Crippen LogP contribution is -2.45. The molecule has 2 rings (SSSR count). The van der Waals surface area contributed by atoms with Gasteiger partial charge < -0.3 is 45.4 Å². The largest absolute Gasteiger partial charge is 0.458 e. The van der Waals surface area contributed by atoms with Gasteiger partial charge in [-0.1, -0.05) is 0 Å². The molecule has 1 aliphatic rings. The van der Waals surface area contributed by atoms with E-state index in [2.05, 4.69) is 16.0 Å². The van der Waals surface area contributed by atoms with E-state index in [1.807, 2.05) is 0 Å². The molecule has 48 heavy (non-hydrogen) atoms. The lowest BCUT2D eigenvalue weighted by atomic mass is 10.2. The first-order chi connectivity index (χ1) is 22.7. The summed E-state index contributed by atoms with van der Waals surface area (Å²) in [7, 11) is 0. The van der Waals surface area contributed by atoms with Crippen LogP contribution in [0.1, 0.15) is 45.6 Å². The van der Waals surface area contributed by atoms with Crippen molar-refractivity contribution in [1.29, 1.82) is 5.41 Å². The van der Waals surface area contributed by atoms with Gasteiger partial charge in [-0.2, -0.15) is 0 Å². The summed E-state index contributed by atoms with van der Waals surface area (Å²) in [6, 6.07) is 5.17. The van der Waals surface area contributed by atoms with Crippen LogP contribution in [-0.4, -0.2) is 124 Å². The van der Waals surface area contributed by atoms with E-state index in [-0.39, 0.29) is 58.1 Å². The number of ether oxygens (including phenoxy) is 5. The number of likely N-dealkylation sites (tertiary alicyclic amines) is 1. The first-order valence-corrected chi connectivity index (χ1v) is 15.4. The molecule has 6 N–H and O–H groups in total. The Morgan fingerprint density at radius 2 is 1.42 bits per heavy atom. The van der Waals surface area contributed by atoms with E-state index in [4.69, 9.17) is 34.8 Å². The lowest BCUT2D eigenvalue weighted by Gasteiger charge is -2.19. The van der Waals surface area contributed by atoms with Gasteiger partial charge in [-0.05, 0) is 45.0 Å². The predicted octanol–water partition coefficient (Wildman–Crippen LogP) is -0.543. The Morgan fingerprint density at radius 3 is 2.00 bits per heavy atom. The second-order valence-electron chi connectivity index (χ2n) is 11.5. The Kier molecular flexibility index (Phi) is 17.1. The number of esters is 1. The smallest absolute Gasteiger partial charge is 0.332 e. The molecule has 1 aromatic rings. The first kappa shape index (κ1) is 39.7.